The van der Waals surface area contributed by atoms with Gasteiger partial charge in [-0.05, 0) is 54.8 Å². The van der Waals surface area contributed by atoms with E-state index in [1.165, 1.54) is 0 Å². The number of hydrogen-bond donors (Lipinski definition) is 2. The highest BCUT2D eigenvalue weighted by molar-refractivity contribution is 9.09. The van der Waals surface area contributed by atoms with E-state index >= 15 is 0 Å². The molecule has 0 unspecified atom stereocenters. The quantitative estimate of drug-likeness (QED) is 0.125. The van der Waals surface area contributed by atoms with Gasteiger partial charge in [0, 0.05) is 66.3 Å². The van der Waals surface area contributed by atoms with E-state index in [2.05, 4.69) is 31.1 Å². The standard InChI is InChI=1S/C39H40BrN5O6/c1-25-7-9-26(10-8-25)24-50-38(47)41-13-18-49-29-11-12-32-27(19-29)20-33(42-32)37(46)45-23-28(22-40)36-31-6-4-3-5-30(31)35(21-34(36)45)51-39(48)44-16-14-43(2)15-17-44/h3-12,19-21,28,42H,13-18,22-24H2,1-2H3,(H,41,47)/t28-/m1/s1. The van der Waals surface area contributed by atoms with Crippen molar-refractivity contribution in [1.82, 2.24) is 20.1 Å². The molecule has 0 spiro atoms. The Labute approximate surface area is 304 Å². The summed E-state index contributed by atoms with van der Waals surface area (Å²) in [5.74, 6) is 0.917. The molecule has 1 atom stereocenters. The molecule has 0 aliphatic carbocycles. The van der Waals surface area contributed by atoms with Crippen molar-refractivity contribution >= 4 is 61.4 Å². The number of rotatable bonds is 9. The number of carbonyl (C=O) groups is 3. The van der Waals surface area contributed by atoms with E-state index < -0.39 is 6.09 Å². The maximum absolute atomic E-state index is 14.2. The molecule has 2 aliphatic heterocycles. The van der Waals surface area contributed by atoms with Gasteiger partial charge in [0.25, 0.3) is 5.91 Å². The summed E-state index contributed by atoms with van der Waals surface area (Å²) in [4.78, 5) is 48.5. The van der Waals surface area contributed by atoms with Crippen molar-refractivity contribution in [3.8, 4) is 11.5 Å². The summed E-state index contributed by atoms with van der Waals surface area (Å²) in [6.45, 7) is 5.97. The highest BCUT2D eigenvalue weighted by Gasteiger charge is 2.36. The van der Waals surface area contributed by atoms with Gasteiger partial charge in [-0.3, -0.25) is 4.79 Å². The van der Waals surface area contributed by atoms with E-state index in [-0.39, 0.29) is 37.7 Å². The number of H-pyrrole nitrogens is 1. The Morgan fingerprint density at radius 2 is 1.71 bits per heavy atom. The Bertz CT molecular complexity index is 2070. The molecular weight excluding hydrogens is 714 g/mol. The highest BCUT2D eigenvalue weighted by atomic mass is 79.9. The van der Waals surface area contributed by atoms with Gasteiger partial charge in [0.1, 0.15) is 30.4 Å². The van der Waals surface area contributed by atoms with Crippen LogP contribution in [0.4, 0.5) is 15.3 Å². The van der Waals surface area contributed by atoms with Gasteiger partial charge in [-0.25, -0.2) is 9.59 Å². The number of likely N-dealkylation sites (N-methyl/N-ethyl adjacent to an activating group) is 1. The van der Waals surface area contributed by atoms with Crippen molar-refractivity contribution in [3.63, 3.8) is 0 Å². The van der Waals surface area contributed by atoms with Gasteiger partial charge in [0.15, 0.2) is 0 Å². The minimum absolute atomic E-state index is 0.0501. The van der Waals surface area contributed by atoms with Crippen LogP contribution in [-0.2, 0) is 11.3 Å². The number of ether oxygens (including phenoxy) is 3. The smallest absolute Gasteiger partial charge is 0.415 e. The van der Waals surface area contributed by atoms with Crippen molar-refractivity contribution in [2.45, 2.75) is 19.4 Å². The number of alkyl carbamates (subject to hydrolysis) is 1. The number of hydrogen-bond acceptors (Lipinski definition) is 7. The lowest BCUT2D eigenvalue weighted by atomic mass is 9.95. The first-order valence-electron chi connectivity index (χ1n) is 17.1. The molecule has 11 nitrogen and oxygen atoms in total. The maximum atomic E-state index is 14.2. The number of alkyl halides is 1. The average Bonchev–Trinajstić information content (AvgIpc) is 3.75. The maximum Gasteiger partial charge on any atom is 0.415 e. The van der Waals surface area contributed by atoms with Gasteiger partial charge in [0.05, 0.1) is 12.2 Å². The number of halogens is 1. The summed E-state index contributed by atoms with van der Waals surface area (Å²) in [5.41, 5.74) is 5.08. The number of anilines is 1. The minimum Gasteiger partial charge on any atom is -0.492 e. The number of nitrogens with one attached hydrogen (secondary N) is 2. The first kappa shape index (κ1) is 34.4. The predicted octanol–water partition coefficient (Wildman–Crippen LogP) is 6.82. The fourth-order valence-corrected chi connectivity index (χ4v) is 7.16. The monoisotopic (exact) mass is 753 g/mol. The van der Waals surface area contributed by atoms with Gasteiger partial charge < -0.3 is 39.2 Å². The zero-order valence-electron chi connectivity index (χ0n) is 28.6. The molecule has 4 aromatic carbocycles. The van der Waals surface area contributed by atoms with Crippen LogP contribution in [0.15, 0.2) is 78.9 Å². The second-order valence-electron chi connectivity index (χ2n) is 13.0. The van der Waals surface area contributed by atoms with E-state index in [4.69, 9.17) is 14.2 Å². The number of benzene rings is 4. The zero-order valence-corrected chi connectivity index (χ0v) is 30.2. The van der Waals surface area contributed by atoms with Crippen LogP contribution in [0, 0.1) is 6.92 Å². The number of aryl methyl sites for hydroxylation is 1. The number of piperazine rings is 1. The Balaban J connectivity index is 1.04. The van der Waals surface area contributed by atoms with Crippen LogP contribution in [0.5, 0.6) is 11.5 Å². The molecule has 12 heteroatoms. The topological polar surface area (TPSA) is 116 Å². The summed E-state index contributed by atoms with van der Waals surface area (Å²) < 4.78 is 17.2. The van der Waals surface area contributed by atoms with Crippen molar-refractivity contribution in [3.05, 3.63) is 101 Å². The van der Waals surface area contributed by atoms with Crippen LogP contribution < -0.4 is 19.7 Å². The van der Waals surface area contributed by atoms with Crippen molar-refractivity contribution in [2.75, 3.05) is 63.2 Å². The van der Waals surface area contributed by atoms with Crippen molar-refractivity contribution < 1.29 is 28.6 Å². The normalized spacial score (nSPS) is 15.9. The Hall–Kier alpha value is -5.07. The predicted molar refractivity (Wildman–Crippen MR) is 200 cm³/mol. The van der Waals surface area contributed by atoms with E-state index in [1.807, 2.05) is 92.8 Å². The number of aromatic amines is 1. The first-order valence-corrected chi connectivity index (χ1v) is 18.2. The molecule has 0 bridgehead atoms. The van der Waals surface area contributed by atoms with Crippen LogP contribution >= 0.6 is 15.9 Å². The van der Waals surface area contributed by atoms with Crippen LogP contribution in [0.25, 0.3) is 21.7 Å². The average molecular weight is 755 g/mol. The molecule has 2 N–H and O–H groups in total. The first-order chi connectivity index (χ1) is 24.8. The number of nitrogens with zero attached hydrogens (tertiary/aromatic N) is 3. The molecule has 3 amide bonds. The van der Waals surface area contributed by atoms with Crippen molar-refractivity contribution in [1.29, 1.82) is 0 Å². The molecule has 1 fully saturated rings. The molecule has 5 aromatic rings. The molecular formula is C39H40BrN5O6. The number of amides is 3. The van der Waals surface area contributed by atoms with Crippen molar-refractivity contribution in [2.24, 2.45) is 0 Å². The number of fused-ring (bicyclic) bond motifs is 4. The van der Waals surface area contributed by atoms with Gasteiger partial charge >= 0.3 is 12.2 Å². The molecule has 3 heterocycles. The van der Waals surface area contributed by atoms with Gasteiger partial charge in [-0.15, -0.1) is 0 Å². The summed E-state index contributed by atoms with van der Waals surface area (Å²) in [6, 6.07) is 24.9. The summed E-state index contributed by atoms with van der Waals surface area (Å²) in [7, 11) is 2.04. The molecule has 2 aliphatic rings. The van der Waals surface area contributed by atoms with Crippen LogP contribution in [0.1, 0.15) is 33.1 Å². The minimum atomic E-state index is -0.512. The Morgan fingerprint density at radius 1 is 0.941 bits per heavy atom. The summed E-state index contributed by atoms with van der Waals surface area (Å²) in [6.07, 6.45) is -0.897. The largest absolute Gasteiger partial charge is 0.492 e. The highest BCUT2D eigenvalue weighted by Crippen LogP contribution is 2.46. The van der Waals surface area contributed by atoms with Crippen LogP contribution in [0.2, 0.25) is 0 Å². The Morgan fingerprint density at radius 3 is 2.47 bits per heavy atom. The fourth-order valence-electron chi connectivity index (χ4n) is 6.63. The van der Waals surface area contributed by atoms with Crippen LogP contribution in [0.3, 0.4) is 0 Å². The van der Waals surface area contributed by atoms with Gasteiger partial charge in [0.2, 0.25) is 0 Å². The number of aromatic nitrogens is 1. The third kappa shape index (κ3) is 7.52. The molecule has 7 rings (SSSR count). The second kappa shape index (κ2) is 15.0. The molecule has 1 saturated heterocycles. The molecule has 0 radical (unpaired) electrons. The van der Waals surface area contributed by atoms with E-state index in [0.29, 0.717) is 42.2 Å². The molecule has 0 saturated carbocycles. The summed E-state index contributed by atoms with van der Waals surface area (Å²) in [5, 5.41) is 5.99. The summed E-state index contributed by atoms with van der Waals surface area (Å²) >= 11 is 3.68. The SMILES string of the molecule is Cc1ccc(COC(=O)NCCOc2ccc3[nH]c(C(=O)N4C[C@@H](CBr)c5c4cc(OC(=O)N4CCN(C)CC4)c4ccccc54)cc3c2)cc1. The third-order valence-electron chi connectivity index (χ3n) is 9.47. The molecule has 264 valence electrons. The lowest BCUT2D eigenvalue weighted by Gasteiger charge is -2.31. The zero-order chi connectivity index (χ0) is 35.5. The molecule has 1 aromatic heterocycles. The van der Waals surface area contributed by atoms with E-state index in [1.54, 1.807) is 9.80 Å². The van der Waals surface area contributed by atoms with E-state index in [9.17, 15) is 14.4 Å². The number of carbonyl (C=O) groups excluding carboxylic acids is 3. The van der Waals surface area contributed by atoms with E-state index in [0.717, 1.165) is 57.1 Å². The molecule has 51 heavy (non-hydrogen) atoms. The fraction of sp³-hybridized carbons (Fsp3) is 0.308. The van der Waals surface area contributed by atoms with Gasteiger partial charge in [-0.2, -0.15) is 0 Å². The lowest BCUT2D eigenvalue weighted by Crippen LogP contribution is -2.48. The Kier molecular flexibility index (Phi) is 10.1. The van der Waals surface area contributed by atoms with Gasteiger partial charge in [-0.1, -0.05) is 70.0 Å². The van der Waals surface area contributed by atoms with Crippen LogP contribution in [-0.4, -0.2) is 91.1 Å². The third-order valence-corrected chi connectivity index (χ3v) is 10.3. The second-order valence-corrected chi connectivity index (χ2v) is 13.7. The lowest BCUT2D eigenvalue weighted by molar-refractivity contribution is 0.0984.